The second kappa shape index (κ2) is 5.55. The zero-order valence-electron chi connectivity index (χ0n) is 10.6. The van der Waals surface area contributed by atoms with Crippen LogP contribution in [0.15, 0.2) is 17.0 Å². The van der Waals surface area contributed by atoms with E-state index in [4.69, 9.17) is 12.2 Å². The quantitative estimate of drug-likeness (QED) is 0.623. The van der Waals surface area contributed by atoms with Crippen LogP contribution in [0.4, 0.5) is 0 Å². The Morgan fingerprint density at radius 3 is 2.72 bits per heavy atom. The number of amides is 1. The number of thioether (sulfide) groups is 1. The van der Waals surface area contributed by atoms with E-state index >= 15 is 0 Å². The molecule has 2 heterocycles. The lowest BCUT2D eigenvalue weighted by Gasteiger charge is -2.16. The van der Waals surface area contributed by atoms with Crippen LogP contribution >= 0.6 is 35.3 Å². The van der Waals surface area contributed by atoms with Crippen molar-refractivity contribution >= 4 is 51.6 Å². The summed E-state index contributed by atoms with van der Waals surface area (Å²) in [5, 5.41) is 0. The van der Waals surface area contributed by atoms with Gasteiger partial charge < -0.3 is 0 Å². The maximum Gasteiger partial charge on any atom is 0.266 e. The average Bonchev–Trinajstić information content (AvgIpc) is 2.78. The van der Waals surface area contributed by atoms with Gasteiger partial charge in [-0.25, -0.2) is 0 Å². The predicted octanol–water partition coefficient (Wildman–Crippen LogP) is 3.91. The lowest BCUT2D eigenvalue weighted by molar-refractivity contribution is -0.122. The Hall–Kier alpha value is -0.650. The number of carbonyl (C=O) groups is 1. The van der Waals surface area contributed by atoms with E-state index in [1.54, 1.807) is 16.2 Å². The van der Waals surface area contributed by atoms with Crippen LogP contribution in [-0.4, -0.2) is 21.7 Å². The van der Waals surface area contributed by atoms with Crippen molar-refractivity contribution in [2.75, 3.05) is 6.54 Å². The summed E-state index contributed by atoms with van der Waals surface area (Å²) in [6, 6.07) is 4.10. The van der Waals surface area contributed by atoms with Crippen molar-refractivity contribution in [1.82, 2.24) is 4.90 Å². The summed E-state index contributed by atoms with van der Waals surface area (Å²) in [4.78, 5) is 17.0. The van der Waals surface area contributed by atoms with Crippen LogP contribution in [0.1, 0.15) is 23.6 Å². The highest BCUT2D eigenvalue weighted by Gasteiger charge is 2.32. The van der Waals surface area contributed by atoms with Gasteiger partial charge >= 0.3 is 0 Å². The van der Waals surface area contributed by atoms with Gasteiger partial charge in [-0.2, -0.15) is 0 Å². The van der Waals surface area contributed by atoms with E-state index in [0.29, 0.717) is 16.8 Å². The highest BCUT2D eigenvalue weighted by Crippen LogP contribution is 2.34. The van der Waals surface area contributed by atoms with E-state index in [1.165, 1.54) is 16.6 Å². The summed E-state index contributed by atoms with van der Waals surface area (Å²) in [7, 11) is 0. The van der Waals surface area contributed by atoms with Gasteiger partial charge in [0.15, 0.2) is 0 Å². The van der Waals surface area contributed by atoms with Crippen molar-refractivity contribution in [1.29, 1.82) is 0 Å². The molecule has 0 aliphatic carbocycles. The molecule has 96 valence electrons. The smallest absolute Gasteiger partial charge is 0.266 e. The first-order valence-electron chi connectivity index (χ1n) is 5.79. The number of carbonyl (C=O) groups excluding carboxylic acids is 1. The van der Waals surface area contributed by atoms with E-state index in [0.717, 1.165) is 9.78 Å². The van der Waals surface area contributed by atoms with Gasteiger partial charge in [-0.15, -0.1) is 11.3 Å². The van der Waals surface area contributed by atoms with E-state index in [9.17, 15) is 4.79 Å². The molecule has 0 atom stereocenters. The minimum atomic E-state index is 0.0461. The number of aryl methyl sites for hydroxylation is 1. The van der Waals surface area contributed by atoms with Crippen LogP contribution in [0, 0.1) is 12.8 Å². The number of nitrogens with zero attached hydrogens (tertiary/aromatic N) is 1. The lowest BCUT2D eigenvalue weighted by atomic mass is 10.2. The Bertz CT molecular complexity index is 516. The monoisotopic (exact) mass is 297 g/mol. The molecule has 1 amide bonds. The van der Waals surface area contributed by atoms with Gasteiger partial charge in [0, 0.05) is 16.3 Å². The molecule has 1 aliphatic rings. The SMILES string of the molecule is Cc1ccc(C=C2SC(=S)N(CC(C)C)C2=O)s1. The fourth-order valence-corrected chi connectivity index (χ4v) is 3.84. The minimum Gasteiger partial charge on any atom is -0.293 e. The van der Waals surface area contributed by atoms with Crippen LogP contribution in [0.5, 0.6) is 0 Å². The summed E-state index contributed by atoms with van der Waals surface area (Å²) >= 11 is 8.36. The van der Waals surface area contributed by atoms with Crippen LogP contribution in [0.25, 0.3) is 6.08 Å². The minimum absolute atomic E-state index is 0.0461. The summed E-state index contributed by atoms with van der Waals surface area (Å²) in [5.41, 5.74) is 0. The maximum absolute atomic E-state index is 12.2. The van der Waals surface area contributed by atoms with Gasteiger partial charge in [-0.1, -0.05) is 37.8 Å². The number of hydrogen-bond donors (Lipinski definition) is 0. The zero-order chi connectivity index (χ0) is 13.3. The summed E-state index contributed by atoms with van der Waals surface area (Å²) in [6.07, 6.45) is 1.94. The molecule has 1 fully saturated rings. The maximum atomic E-state index is 12.2. The summed E-state index contributed by atoms with van der Waals surface area (Å²) < 4.78 is 0.674. The topological polar surface area (TPSA) is 20.3 Å². The molecule has 18 heavy (non-hydrogen) atoms. The molecule has 1 aliphatic heterocycles. The normalized spacial score (nSPS) is 18.4. The van der Waals surface area contributed by atoms with Crippen molar-refractivity contribution in [2.24, 2.45) is 5.92 Å². The fraction of sp³-hybridized carbons (Fsp3) is 0.385. The van der Waals surface area contributed by atoms with Crippen LogP contribution < -0.4 is 0 Å². The molecule has 0 unspecified atom stereocenters. The van der Waals surface area contributed by atoms with Crippen molar-refractivity contribution < 1.29 is 4.79 Å². The molecular weight excluding hydrogens is 282 g/mol. The molecule has 5 heteroatoms. The lowest BCUT2D eigenvalue weighted by Crippen LogP contribution is -2.31. The molecule has 2 rings (SSSR count). The Morgan fingerprint density at radius 2 is 2.17 bits per heavy atom. The van der Waals surface area contributed by atoms with Crippen molar-refractivity contribution in [3.63, 3.8) is 0 Å². The standard InChI is InChI=1S/C13H15NOS3/c1-8(2)7-14-12(15)11(18-13(14)16)6-10-5-4-9(3)17-10/h4-6,8H,7H2,1-3H3. The first kappa shape index (κ1) is 13.8. The molecule has 0 bridgehead atoms. The Morgan fingerprint density at radius 1 is 1.44 bits per heavy atom. The molecular formula is C13H15NOS3. The fourth-order valence-electron chi connectivity index (χ4n) is 1.68. The molecule has 1 aromatic heterocycles. The molecule has 0 spiro atoms. The first-order valence-corrected chi connectivity index (χ1v) is 7.83. The number of thiocarbonyl (C=S) groups is 1. The van der Waals surface area contributed by atoms with Gasteiger partial charge in [0.25, 0.3) is 5.91 Å². The molecule has 1 aromatic rings. The second-order valence-electron chi connectivity index (χ2n) is 4.63. The summed E-state index contributed by atoms with van der Waals surface area (Å²) in [5.74, 6) is 0.473. The van der Waals surface area contributed by atoms with E-state index < -0.39 is 0 Å². The third kappa shape index (κ3) is 3.02. The van der Waals surface area contributed by atoms with Gasteiger partial charge in [0.2, 0.25) is 0 Å². The molecule has 0 saturated carbocycles. The van der Waals surface area contributed by atoms with E-state index in [1.807, 2.05) is 12.1 Å². The number of thiophene rings is 1. The van der Waals surface area contributed by atoms with Crippen LogP contribution in [-0.2, 0) is 4.79 Å². The van der Waals surface area contributed by atoms with Crippen molar-refractivity contribution in [3.8, 4) is 0 Å². The predicted molar refractivity (Wildman–Crippen MR) is 83.8 cm³/mol. The van der Waals surface area contributed by atoms with Crippen molar-refractivity contribution in [2.45, 2.75) is 20.8 Å². The Labute approximate surface area is 121 Å². The van der Waals surface area contributed by atoms with Gasteiger partial charge in [0.05, 0.1) is 4.91 Å². The molecule has 0 aromatic carbocycles. The Balaban J connectivity index is 2.19. The highest BCUT2D eigenvalue weighted by atomic mass is 32.2. The van der Waals surface area contributed by atoms with E-state index in [2.05, 4.69) is 26.8 Å². The van der Waals surface area contributed by atoms with Crippen LogP contribution in [0.2, 0.25) is 0 Å². The molecule has 0 radical (unpaired) electrons. The van der Waals surface area contributed by atoms with Crippen molar-refractivity contribution in [3.05, 3.63) is 26.8 Å². The molecule has 1 saturated heterocycles. The zero-order valence-corrected chi connectivity index (χ0v) is 13.0. The largest absolute Gasteiger partial charge is 0.293 e. The van der Waals surface area contributed by atoms with E-state index in [-0.39, 0.29) is 5.91 Å². The third-order valence-corrected chi connectivity index (χ3v) is 4.78. The first-order chi connectivity index (χ1) is 8.47. The average molecular weight is 297 g/mol. The third-order valence-electron chi connectivity index (χ3n) is 2.46. The number of rotatable bonds is 3. The molecule has 0 N–H and O–H groups in total. The highest BCUT2D eigenvalue weighted by molar-refractivity contribution is 8.26. The summed E-state index contributed by atoms with van der Waals surface area (Å²) in [6.45, 7) is 6.94. The number of hydrogen-bond acceptors (Lipinski definition) is 4. The second-order valence-corrected chi connectivity index (χ2v) is 7.63. The van der Waals surface area contributed by atoms with Crippen LogP contribution in [0.3, 0.4) is 0 Å². The molecule has 2 nitrogen and oxygen atoms in total. The van der Waals surface area contributed by atoms with Gasteiger partial charge in [-0.05, 0) is 31.1 Å². The Kier molecular flexibility index (Phi) is 4.25. The van der Waals surface area contributed by atoms with Gasteiger partial charge in [-0.3, -0.25) is 9.69 Å². The van der Waals surface area contributed by atoms with Gasteiger partial charge in [0.1, 0.15) is 4.32 Å².